The number of carbonyl (C=O) groups is 2. The second-order valence-electron chi connectivity index (χ2n) is 5.19. The van der Waals surface area contributed by atoms with E-state index in [2.05, 4.69) is 45.2 Å². The summed E-state index contributed by atoms with van der Waals surface area (Å²) in [7, 11) is 0. The Kier molecular flexibility index (Phi) is 6.25. The van der Waals surface area contributed by atoms with E-state index in [4.69, 9.17) is 9.47 Å². The van der Waals surface area contributed by atoms with E-state index in [-0.39, 0.29) is 11.5 Å². The highest BCUT2D eigenvalue weighted by Gasteiger charge is 2.18. The monoisotopic (exact) mass is 570 g/mol. The molecule has 26 heavy (non-hydrogen) atoms. The summed E-state index contributed by atoms with van der Waals surface area (Å²) in [6.07, 6.45) is 0. The van der Waals surface area contributed by atoms with Crippen molar-refractivity contribution >= 4 is 57.1 Å². The van der Waals surface area contributed by atoms with Crippen LogP contribution in [0.4, 0.5) is 0 Å². The van der Waals surface area contributed by atoms with Gasteiger partial charge in [-0.25, -0.2) is 9.59 Å². The Morgan fingerprint density at radius 1 is 0.577 bits per heavy atom. The zero-order valence-corrected chi connectivity index (χ0v) is 17.6. The van der Waals surface area contributed by atoms with Crippen LogP contribution >= 0.6 is 45.2 Å². The van der Waals surface area contributed by atoms with E-state index >= 15 is 0 Å². The van der Waals surface area contributed by atoms with E-state index in [0.29, 0.717) is 11.1 Å². The van der Waals surface area contributed by atoms with Crippen molar-refractivity contribution in [3.05, 3.63) is 91.1 Å². The van der Waals surface area contributed by atoms with E-state index < -0.39 is 11.9 Å². The Morgan fingerprint density at radius 2 is 0.923 bits per heavy atom. The summed E-state index contributed by atoms with van der Waals surface area (Å²) in [4.78, 5) is 24.9. The highest BCUT2D eigenvalue weighted by atomic mass is 127. The number of carbonyl (C=O) groups excluding carboxylic acids is 2. The van der Waals surface area contributed by atoms with E-state index in [0.717, 1.165) is 7.14 Å². The van der Waals surface area contributed by atoms with Crippen molar-refractivity contribution in [3.8, 4) is 11.5 Å². The van der Waals surface area contributed by atoms with E-state index in [1.807, 2.05) is 24.3 Å². The maximum atomic E-state index is 12.4. The lowest BCUT2D eigenvalue weighted by molar-refractivity contribution is 0.0681. The predicted molar refractivity (Wildman–Crippen MR) is 115 cm³/mol. The molecule has 0 saturated carbocycles. The lowest BCUT2D eigenvalue weighted by atomic mass is 10.2. The lowest BCUT2D eigenvalue weighted by Gasteiger charge is -2.11. The molecule has 3 aromatic carbocycles. The highest BCUT2D eigenvalue weighted by molar-refractivity contribution is 14.1. The fourth-order valence-corrected chi connectivity index (χ4v) is 3.40. The van der Waals surface area contributed by atoms with Gasteiger partial charge in [0.1, 0.15) is 0 Å². The van der Waals surface area contributed by atoms with Crippen molar-refractivity contribution in [1.29, 1.82) is 0 Å². The largest absolute Gasteiger partial charge is 0.419 e. The number of halogens is 2. The molecular formula is C20H12I2O4. The van der Waals surface area contributed by atoms with Crippen LogP contribution in [0.1, 0.15) is 20.7 Å². The first kappa shape index (κ1) is 18.8. The Balaban J connectivity index is 1.83. The molecule has 0 fully saturated rings. The second kappa shape index (κ2) is 8.63. The van der Waals surface area contributed by atoms with Crippen LogP contribution in [0.25, 0.3) is 0 Å². The molecule has 3 rings (SSSR count). The number of ether oxygens (including phenoxy) is 2. The molecule has 0 aliphatic heterocycles. The Labute approximate surface area is 177 Å². The molecule has 0 unspecified atom stereocenters. The first-order valence-electron chi connectivity index (χ1n) is 7.58. The maximum Gasteiger partial charge on any atom is 0.344 e. The summed E-state index contributed by atoms with van der Waals surface area (Å²) in [5.74, 6) is -0.631. The maximum absolute atomic E-state index is 12.4. The number of hydrogen-bond donors (Lipinski definition) is 0. The minimum atomic E-state index is -0.507. The third-order valence-corrected chi connectivity index (χ3v) is 5.32. The van der Waals surface area contributed by atoms with Crippen LogP contribution < -0.4 is 9.47 Å². The van der Waals surface area contributed by atoms with Gasteiger partial charge in [-0.15, -0.1) is 0 Å². The Bertz CT molecular complexity index is 891. The summed E-state index contributed by atoms with van der Waals surface area (Å²) in [5, 5.41) is 0. The minimum Gasteiger partial charge on any atom is -0.419 e. The smallest absolute Gasteiger partial charge is 0.344 e. The minimum absolute atomic E-state index is 0.191. The summed E-state index contributed by atoms with van der Waals surface area (Å²) < 4.78 is 12.5. The number of hydrogen-bond acceptors (Lipinski definition) is 4. The molecule has 6 heteroatoms. The molecule has 3 aromatic rings. The molecule has 0 atom stereocenters. The lowest BCUT2D eigenvalue weighted by Crippen LogP contribution is -2.14. The van der Waals surface area contributed by atoms with Crippen LogP contribution in [-0.4, -0.2) is 11.9 Å². The van der Waals surface area contributed by atoms with Gasteiger partial charge in [0.2, 0.25) is 0 Å². The van der Waals surface area contributed by atoms with Crippen LogP contribution in [0.3, 0.4) is 0 Å². The van der Waals surface area contributed by atoms with Crippen molar-refractivity contribution in [3.63, 3.8) is 0 Å². The van der Waals surface area contributed by atoms with E-state index in [1.165, 1.54) is 0 Å². The van der Waals surface area contributed by atoms with Crippen molar-refractivity contribution in [2.75, 3.05) is 0 Å². The van der Waals surface area contributed by atoms with Crippen LogP contribution in [0.2, 0.25) is 0 Å². The SMILES string of the molecule is O=C(Oc1ccccc1OC(=O)c1ccccc1I)c1ccccc1I. The van der Waals surface area contributed by atoms with Gasteiger partial charge >= 0.3 is 11.9 Å². The van der Waals surface area contributed by atoms with Gasteiger partial charge < -0.3 is 9.47 Å². The molecule has 0 saturated heterocycles. The molecule has 0 bridgehead atoms. The van der Waals surface area contributed by atoms with Crippen LogP contribution in [0, 0.1) is 7.14 Å². The van der Waals surface area contributed by atoms with Crippen LogP contribution in [-0.2, 0) is 0 Å². The molecule has 0 radical (unpaired) electrons. The fourth-order valence-electron chi connectivity index (χ4n) is 2.18. The van der Waals surface area contributed by atoms with E-state index in [9.17, 15) is 9.59 Å². The number of benzene rings is 3. The highest BCUT2D eigenvalue weighted by Crippen LogP contribution is 2.29. The normalized spacial score (nSPS) is 10.2. The third-order valence-electron chi connectivity index (χ3n) is 3.44. The molecule has 0 aromatic heterocycles. The summed E-state index contributed by atoms with van der Waals surface area (Å²) in [6, 6.07) is 20.8. The van der Waals surface area contributed by atoms with Gasteiger partial charge in [-0.2, -0.15) is 0 Å². The van der Waals surface area contributed by atoms with Crippen molar-refractivity contribution < 1.29 is 19.1 Å². The van der Waals surface area contributed by atoms with Gasteiger partial charge in [0, 0.05) is 7.14 Å². The predicted octanol–water partition coefficient (Wildman–Crippen LogP) is 5.33. The summed E-state index contributed by atoms with van der Waals surface area (Å²) >= 11 is 4.14. The molecule has 0 amide bonds. The van der Waals surface area contributed by atoms with E-state index in [1.54, 1.807) is 48.5 Å². The summed E-state index contributed by atoms with van der Waals surface area (Å²) in [6.45, 7) is 0. The van der Waals surface area contributed by atoms with Gasteiger partial charge in [0.15, 0.2) is 11.5 Å². The van der Waals surface area contributed by atoms with Crippen molar-refractivity contribution in [1.82, 2.24) is 0 Å². The summed E-state index contributed by atoms with van der Waals surface area (Å²) in [5.41, 5.74) is 0.902. The molecule has 0 spiro atoms. The topological polar surface area (TPSA) is 52.6 Å². The number of para-hydroxylation sites is 2. The molecule has 0 heterocycles. The quantitative estimate of drug-likeness (QED) is 0.242. The number of esters is 2. The average molecular weight is 570 g/mol. The average Bonchev–Trinajstić information content (AvgIpc) is 2.64. The molecule has 4 nitrogen and oxygen atoms in total. The first-order valence-corrected chi connectivity index (χ1v) is 9.74. The van der Waals surface area contributed by atoms with Gasteiger partial charge in [-0.05, 0) is 81.6 Å². The first-order chi connectivity index (χ1) is 12.6. The zero-order valence-electron chi connectivity index (χ0n) is 13.3. The van der Waals surface area contributed by atoms with Crippen molar-refractivity contribution in [2.24, 2.45) is 0 Å². The molecule has 0 aliphatic rings. The second-order valence-corrected chi connectivity index (χ2v) is 7.51. The molecule has 0 N–H and O–H groups in total. The van der Waals surface area contributed by atoms with Gasteiger partial charge in [0.25, 0.3) is 0 Å². The zero-order chi connectivity index (χ0) is 18.5. The molecular weight excluding hydrogens is 558 g/mol. The van der Waals surface area contributed by atoms with Crippen LogP contribution in [0.15, 0.2) is 72.8 Å². The van der Waals surface area contributed by atoms with Gasteiger partial charge in [0.05, 0.1) is 11.1 Å². The van der Waals surface area contributed by atoms with Gasteiger partial charge in [-0.1, -0.05) is 36.4 Å². The fraction of sp³-hybridized carbons (Fsp3) is 0. The Hall–Kier alpha value is -1.94. The number of rotatable bonds is 4. The third kappa shape index (κ3) is 4.42. The van der Waals surface area contributed by atoms with Crippen molar-refractivity contribution in [2.45, 2.75) is 0 Å². The van der Waals surface area contributed by atoms with Crippen LogP contribution in [0.5, 0.6) is 11.5 Å². The van der Waals surface area contributed by atoms with Gasteiger partial charge in [-0.3, -0.25) is 0 Å². The Morgan fingerprint density at radius 3 is 1.31 bits per heavy atom. The molecule has 0 aliphatic carbocycles. The molecule has 130 valence electrons. The standard InChI is InChI=1S/C20H12I2O4/c21-15-9-3-1-7-13(15)19(23)25-17-11-5-6-12-18(17)26-20(24)14-8-2-4-10-16(14)22/h1-12H.